The molecule has 0 radical (unpaired) electrons. The van der Waals surface area contributed by atoms with E-state index in [1.54, 1.807) is 27.7 Å². The van der Waals surface area contributed by atoms with Crippen molar-refractivity contribution >= 4 is 77.1 Å². The predicted molar refractivity (Wildman–Crippen MR) is 264 cm³/mol. The van der Waals surface area contributed by atoms with Gasteiger partial charge in [0.05, 0.1) is 19.1 Å². The van der Waals surface area contributed by atoms with Crippen molar-refractivity contribution in [3.63, 3.8) is 0 Å². The van der Waals surface area contributed by atoms with Crippen molar-refractivity contribution in [1.29, 1.82) is 0 Å². The third-order valence-electron chi connectivity index (χ3n) is 11.2. The van der Waals surface area contributed by atoms with Crippen molar-refractivity contribution in [2.45, 2.75) is 160 Å². The van der Waals surface area contributed by atoms with Crippen LogP contribution in [-0.4, -0.2) is 183 Å². The molecule has 0 aromatic carbocycles. The average Bonchev–Trinajstić information content (AvgIpc) is 3.79. The van der Waals surface area contributed by atoms with Crippen LogP contribution in [0.4, 0.5) is 0 Å². The zero-order valence-corrected chi connectivity index (χ0v) is 42.5. The van der Waals surface area contributed by atoms with Gasteiger partial charge in [-0.3, -0.25) is 57.9 Å². The summed E-state index contributed by atoms with van der Waals surface area (Å²) in [6.07, 6.45) is -3.19. The summed E-state index contributed by atoms with van der Waals surface area (Å²) >= 11 is 0. The van der Waals surface area contributed by atoms with Gasteiger partial charge in [0.2, 0.25) is 47.3 Å². The first-order chi connectivity index (χ1) is 34.5. The molecule has 1 fully saturated rings. The van der Waals surface area contributed by atoms with Crippen LogP contribution in [0.3, 0.4) is 0 Å². The molecule has 21 N–H and O–H groups in total. The van der Waals surface area contributed by atoms with Gasteiger partial charge >= 0.3 is 17.9 Å². The van der Waals surface area contributed by atoms with E-state index in [2.05, 4.69) is 47.2 Å². The van der Waals surface area contributed by atoms with Gasteiger partial charge in [0.15, 0.2) is 11.9 Å². The molecule has 30 heteroatoms. The molecule has 0 saturated carbocycles. The van der Waals surface area contributed by atoms with E-state index in [1.165, 1.54) is 6.92 Å². The summed E-state index contributed by atoms with van der Waals surface area (Å²) in [5.74, 6) is -12.7. The van der Waals surface area contributed by atoms with Crippen LogP contribution in [0.2, 0.25) is 0 Å². The first-order valence-corrected chi connectivity index (χ1v) is 24.1. The smallest absolute Gasteiger partial charge is 0.326 e. The summed E-state index contributed by atoms with van der Waals surface area (Å²) in [6, 6.07) is -11.7. The van der Waals surface area contributed by atoms with E-state index >= 15 is 0 Å². The Labute approximate surface area is 427 Å². The lowest BCUT2D eigenvalue weighted by molar-refractivity contribution is -0.146. The Kier molecular flexibility index (Phi) is 28.5. The maximum Gasteiger partial charge on any atom is 0.326 e. The van der Waals surface area contributed by atoms with Crippen LogP contribution in [-0.2, 0) is 52.7 Å². The van der Waals surface area contributed by atoms with Crippen LogP contribution in [0.15, 0.2) is 9.98 Å². The van der Waals surface area contributed by atoms with Gasteiger partial charge in [-0.25, -0.2) is 4.79 Å². The second kappa shape index (κ2) is 32.7. The Balaban J connectivity index is 3.41. The number of carboxylic acid groups (broad SMARTS) is 3. The van der Waals surface area contributed by atoms with Crippen molar-refractivity contribution in [2.75, 3.05) is 26.2 Å². The number of aliphatic carboxylic acids is 3. The number of carbonyl (C=O) groups excluding carboxylic acids is 8. The number of rotatable bonds is 34. The third-order valence-corrected chi connectivity index (χ3v) is 11.2. The van der Waals surface area contributed by atoms with Crippen molar-refractivity contribution in [1.82, 2.24) is 42.1 Å². The minimum atomic E-state index is -1.77. The largest absolute Gasteiger partial charge is 0.481 e. The molecule has 0 spiro atoms. The van der Waals surface area contributed by atoms with Crippen LogP contribution >= 0.6 is 0 Å². The fraction of sp³-hybridized carbons (Fsp3) is 0.705. The number of aliphatic hydroxyl groups is 1. The molecule has 0 aliphatic carbocycles. The van der Waals surface area contributed by atoms with Gasteiger partial charge < -0.3 is 91.2 Å². The van der Waals surface area contributed by atoms with Crippen molar-refractivity contribution in [3.05, 3.63) is 0 Å². The Hall–Kier alpha value is -7.37. The van der Waals surface area contributed by atoms with E-state index in [-0.39, 0.29) is 94.8 Å². The molecule has 74 heavy (non-hydrogen) atoms. The standard InChI is InChI=1S/C44H77N15O15/c1-21(2)17-27(35(66)52-20-31(61)53-26(42(73)74)10-7-15-51-44(48)49)56-36(67)24(9-6-14-50-43(46)47)54-37(68)25(12-13-32(62)63)55-39(70)30-11-8-16-59(30)41(72)29(19-33(64)65)58-38(69)28(18-22(3)4)57-40(71)34(45)23(5)60/h21-30,34,60H,6-20,45H2,1-5H3,(H,52,66)(H,53,61)(H,54,68)(H,55,70)(H,56,67)(H,57,71)(H,58,69)(H,62,63)(H,64,65)(H,73,74)(H4,46,47,50)(H4,48,49,51)/t23-,24+,25+,26+,27+,28+,29+,30+,34+/m1/s1. The summed E-state index contributed by atoms with van der Waals surface area (Å²) in [5, 5.41) is 55.6. The van der Waals surface area contributed by atoms with Crippen molar-refractivity contribution < 1.29 is 73.2 Å². The maximum atomic E-state index is 14.1. The number of aliphatic imine (C=N–C) groups is 2. The number of amides is 8. The maximum absolute atomic E-state index is 14.1. The quantitative estimate of drug-likeness (QED) is 0.0162. The van der Waals surface area contributed by atoms with Crippen LogP contribution in [0.1, 0.15) is 105 Å². The Morgan fingerprint density at radius 2 is 1.07 bits per heavy atom. The molecule has 1 rings (SSSR count). The van der Waals surface area contributed by atoms with Gasteiger partial charge in [-0.05, 0) is 76.5 Å². The fourth-order valence-corrected chi connectivity index (χ4v) is 7.46. The topological polar surface area (TPSA) is 511 Å². The first-order valence-electron chi connectivity index (χ1n) is 24.1. The SMILES string of the molecule is CC(C)C[C@H](NC(=O)[C@H](CCCN=C(N)N)NC(=O)[C@H](CCC(=O)O)NC(=O)[C@@H]1CCCN1C(=O)[C@H](CC(=O)O)NC(=O)[C@H](CC(C)C)NC(=O)[C@@H](N)[C@@H](C)O)C(=O)NCC(=O)N[C@@H](CCCN=C(N)N)C(=O)O. The van der Waals surface area contributed by atoms with E-state index in [9.17, 15) is 73.2 Å². The summed E-state index contributed by atoms with van der Waals surface area (Å²) < 4.78 is 0. The highest BCUT2D eigenvalue weighted by atomic mass is 16.4. The Bertz CT molecular complexity index is 2030. The lowest BCUT2D eigenvalue weighted by Crippen LogP contribution is -2.60. The molecule has 0 bridgehead atoms. The summed E-state index contributed by atoms with van der Waals surface area (Å²) in [4.78, 5) is 153. The van der Waals surface area contributed by atoms with Gasteiger partial charge in [0.25, 0.3) is 0 Å². The van der Waals surface area contributed by atoms with E-state index < -0.39 is 145 Å². The van der Waals surface area contributed by atoms with E-state index in [0.717, 1.165) is 4.90 Å². The number of carboxylic acids is 3. The Morgan fingerprint density at radius 1 is 0.595 bits per heavy atom. The number of likely N-dealkylation sites (tertiary alicyclic amines) is 1. The molecular weight excluding hydrogens is 979 g/mol. The van der Waals surface area contributed by atoms with Crippen molar-refractivity contribution in [2.24, 2.45) is 50.5 Å². The number of aliphatic hydroxyl groups excluding tert-OH is 1. The second-order valence-corrected chi connectivity index (χ2v) is 18.6. The fourth-order valence-electron chi connectivity index (χ4n) is 7.46. The van der Waals surface area contributed by atoms with Gasteiger partial charge in [-0.2, -0.15) is 0 Å². The number of nitrogens with two attached hydrogens (primary N) is 5. The van der Waals surface area contributed by atoms with Gasteiger partial charge in [-0.1, -0.05) is 27.7 Å². The van der Waals surface area contributed by atoms with E-state index in [4.69, 9.17) is 28.7 Å². The van der Waals surface area contributed by atoms with E-state index in [0.29, 0.717) is 0 Å². The zero-order valence-electron chi connectivity index (χ0n) is 42.5. The number of hydrogen-bond donors (Lipinski definition) is 16. The number of nitrogens with zero attached hydrogens (tertiary/aromatic N) is 3. The monoisotopic (exact) mass is 1060 g/mol. The zero-order chi connectivity index (χ0) is 56.4. The molecule has 0 unspecified atom stereocenters. The third kappa shape index (κ3) is 24.8. The molecule has 1 aliphatic heterocycles. The normalized spacial score (nSPS) is 16.3. The van der Waals surface area contributed by atoms with Crippen LogP contribution in [0, 0.1) is 11.8 Å². The number of nitrogens with one attached hydrogen (secondary N) is 7. The highest BCUT2D eigenvalue weighted by Crippen LogP contribution is 2.21. The minimum absolute atomic E-state index is 0.00900. The molecule has 1 saturated heterocycles. The summed E-state index contributed by atoms with van der Waals surface area (Å²) in [6.45, 7) is 7.44. The van der Waals surface area contributed by atoms with Crippen LogP contribution in [0.5, 0.6) is 0 Å². The number of guanidine groups is 2. The molecule has 30 nitrogen and oxygen atoms in total. The summed E-state index contributed by atoms with van der Waals surface area (Å²) in [7, 11) is 0. The average molecular weight is 1060 g/mol. The minimum Gasteiger partial charge on any atom is -0.481 e. The van der Waals surface area contributed by atoms with Crippen LogP contribution in [0.25, 0.3) is 0 Å². The van der Waals surface area contributed by atoms with Gasteiger partial charge in [0.1, 0.15) is 48.3 Å². The Morgan fingerprint density at radius 3 is 1.55 bits per heavy atom. The lowest BCUT2D eigenvalue weighted by Gasteiger charge is -2.31. The highest BCUT2D eigenvalue weighted by molar-refractivity contribution is 5.99. The van der Waals surface area contributed by atoms with Crippen molar-refractivity contribution in [3.8, 4) is 0 Å². The predicted octanol–water partition coefficient (Wildman–Crippen LogP) is -5.67. The molecule has 8 amide bonds. The molecule has 418 valence electrons. The number of hydrogen-bond acceptors (Lipinski definition) is 15. The first kappa shape index (κ1) is 64.6. The highest BCUT2D eigenvalue weighted by Gasteiger charge is 2.41. The molecule has 0 aromatic rings. The lowest BCUT2D eigenvalue weighted by atomic mass is 10.0. The van der Waals surface area contributed by atoms with Crippen LogP contribution < -0.4 is 65.9 Å². The number of carbonyl (C=O) groups is 11. The van der Waals surface area contributed by atoms with Gasteiger partial charge in [0, 0.05) is 26.1 Å². The molecule has 1 heterocycles. The second-order valence-electron chi connectivity index (χ2n) is 18.6. The summed E-state index contributed by atoms with van der Waals surface area (Å²) in [5.41, 5.74) is 27.2. The van der Waals surface area contributed by atoms with E-state index in [1.807, 2.05) is 0 Å². The van der Waals surface area contributed by atoms with Gasteiger partial charge in [-0.15, -0.1) is 0 Å². The molecular formula is C44H77N15O15. The molecule has 1 aliphatic rings. The molecule has 9 atom stereocenters. The molecule has 0 aromatic heterocycles.